The Hall–Kier alpha value is -5.79. The van der Waals surface area contributed by atoms with Crippen LogP contribution in [0.15, 0.2) is 96.0 Å². The van der Waals surface area contributed by atoms with Crippen molar-refractivity contribution in [3.63, 3.8) is 0 Å². The summed E-state index contributed by atoms with van der Waals surface area (Å²) in [6.07, 6.45) is 5.43. The van der Waals surface area contributed by atoms with Gasteiger partial charge in [0.15, 0.2) is 23.0 Å². The molecule has 3 heterocycles. The first-order chi connectivity index (χ1) is 29.4. The number of para-hydroxylation sites is 2. The van der Waals surface area contributed by atoms with Gasteiger partial charge in [-0.05, 0) is 98.2 Å². The van der Waals surface area contributed by atoms with Gasteiger partial charge in [-0.2, -0.15) is 0 Å². The maximum atomic E-state index is 14.0. The van der Waals surface area contributed by atoms with Crippen molar-refractivity contribution in [3.8, 4) is 23.0 Å². The summed E-state index contributed by atoms with van der Waals surface area (Å²) in [6.45, 7) is 7.69. The fourth-order valence-electron chi connectivity index (χ4n) is 8.59. The van der Waals surface area contributed by atoms with Crippen LogP contribution in [-0.4, -0.2) is 68.9 Å². The molecule has 0 radical (unpaired) electrons. The molecule has 1 unspecified atom stereocenters. The minimum atomic E-state index is -0.182. The van der Waals surface area contributed by atoms with Gasteiger partial charge in [-0.1, -0.05) is 58.0 Å². The van der Waals surface area contributed by atoms with Crippen molar-refractivity contribution in [2.24, 2.45) is 4.99 Å². The van der Waals surface area contributed by atoms with E-state index in [4.69, 9.17) is 29.7 Å². The van der Waals surface area contributed by atoms with E-state index in [9.17, 15) is 9.59 Å². The molecule has 0 saturated heterocycles. The number of benzene rings is 5. The molecule has 11 nitrogen and oxygen atoms in total. The Morgan fingerprint density at radius 2 is 1.48 bits per heavy atom. The summed E-state index contributed by atoms with van der Waals surface area (Å²) in [7, 11) is 8.79. The third kappa shape index (κ3) is 8.45. The number of hydrogen-bond acceptors (Lipinski definition) is 11. The Bertz CT molecular complexity index is 2530. The summed E-state index contributed by atoms with van der Waals surface area (Å²) in [6, 6.07) is 28.9. The van der Waals surface area contributed by atoms with Crippen molar-refractivity contribution >= 4 is 68.1 Å². The van der Waals surface area contributed by atoms with Crippen molar-refractivity contribution in [2.45, 2.75) is 63.7 Å². The molecule has 0 aromatic heterocycles. The van der Waals surface area contributed by atoms with Crippen LogP contribution in [0.25, 0.3) is 0 Å². The van der Waals surface area contributed by atoms with Gasteiger partial charge < -0.3 is 34.5 Å². The molecular weight excluding hydrogens is 807 g/mol. The number of nitrogen functional groups attached to an aromatic ring is 1. The minimum Gasteiger partial charge on any atom is -0.493 e. The van der Waals surface area contributed by atoms with Crippen molar-refractivity contribution in [1.29, 1.82) is 0 Å². The number of methoxy groups -OCH3 is 2. The highest BCUT2D eigenvalue weighted by Crippen LogP contribution is 2.42. The molecule has 3 aliphatic heterocycles. The monoisotopic (exact) mass is 857 g/mol. The van der Waals surface area contributed by atoms with Gasteiger partial charge in [0, 0.05) is 71.9 Å². The number of hydrogen-bond donors (Lipinski definition) is 1. The van der Waals surface area contributed by atoms with Gasteiger partial charge in [0.05, 0.1) is 37.1 Å². The molecule has 0 spiro atoms. The molecule has 3 aliphatic rings. The van der Waals surface area contributed by atoms with Crippen molar-refractivity contribution in [3.05, 3.63) is 124 Å². The number of rotatable bonds is 14. The van der Waals surface area contributed by atoms with E-state index >= 15 is 0 Å². The highest BCUT2D eigenvalue weighted by atomic mass is 33.1. The number of anilines is 4. The average molecular weight is 858 g/mol. The molecule has 2 amide bonds. The minimum absolute atomic E-state index is 0.00744. The number of amides is 2. The second-order valence-electron chi connectivity index (χ2n) is 16.3. The predicted octanol–water partition coefficient (Wildman–Crippen LogP) is 9.55. The summed E-state index contributed by atoms with van der Waals surface area (Å²) in [5.74, 6) is 1.45. The highest BCUT2D eigenvalue weighted by Gasteiger charge is 2.37. The van der Waals surface area contributed by atoms with E-state index < -0.39 is 0 Å². The third-order valence-electron chi connectivity index (χ3n) is 11.3. The normalized spacial score (nSPS) is 16.3. The standard InChI is InChI=1S/C48H51N5O6S2/c1-29-16-32-12-8-10-14-40(32)52(29)46(54)36-21-42(56-5)44(23-38(36)49)58-26-30-17-31(19-34(18-30)51(4)28-48(2,3)61-60-7)27-59-45-24-39-37(22-43(45)57-6)47(55)53-35(25-50-39)20-33-13-9-11-15-41(33)53/h8-15,17-19,21-25,29,35H,16,20,26-28,49H2,1-7H3/t29?,35-/m0/s1. The van der Waals surface area contributed by atoms with Gasteiger partial charge in [-0.15, -0.1) is 0 Å². The van der Waals surface area contributed by atoms with Gasteiger partial charge in [-0.25, -0.2) is 0 Å². The second-order valence-corrected chi connectivity index (χ2v) is 19.4. The topological polar surface area (TPSA) is 119 Å². The summed E-state index contributed by atoms with van der Waals surface area (Å²) in [5.41, 5.74) is 15.1. The lowest BCUT2D eigenvalue weighted by molar-refractivity contribution is 0.0976. The largest absolute Gasteiger partial charge is 0.493 e. The molecule has 316 valence electrons. The van der Waals surface area contributed by atoms with Crippen molar-refractivity contribution in [2.75, 3.05) is 54.5 Å². The van der Waals surface area contributed by atoms with Crippen molar-refractivity contribution in [1.82, 2.24) is 0 Å². The summed E-state index contributed by atoms with van der Waals surface area (Å²) >= 11 is 0. The van der Waals surface area contributed by atoms with E-state index in [1.165, 1.54) is 0 Å². The average Bonchev–Trinajstić information content (AvgIpc) is 3.75. The molecule has 8 rings (SSSR count). The number of carbonyl (C=O) groups excluding carboxylic acids is 2. The summed E-state index contributed by atoms with van der Waals surface area (Å²) in [4.78, 5) is 38.6. The van der Waals surface area contributed by atoms with Crippen LogP contribution < -0.4 is 39.4 Å². The van der Waals surface area contributed by atoms with Crippen LogP contribution >= 0.6 is 21.6 Å². The zero-order valence-electron chi connectivity index (χ0n) is 35.6. The second kappa shape index (κ2) is 17.3. The maximum Gasteiger partial charge on any atom is 0.261 e. The smallest absolute Gasteiger partial charge is 0.261 e. The number of nitrogens with two attached hydrogens (primary N) is 1. The van der Waals surface area contributed by atoms with Crippen LogP contribution in [-0.2, 0) is 26.1 Å². The number of ether oxygens (including phenoxy) is 4. The van der Waals surface area contributed by atoms with Gasteiger partial charge in [0.25, 0.3) is 11.8 Å². The van der Waals surface area contributed by atoms with E-state index in [-0.39, 0.29) is 41.9 Å². The van der Waals surface area contributed by atoms with Crippen molar-refractivity contribution < 1.29 is 28.5 Å². The van der Waals surface area contributed by atoms with Crippen LogP contribution in [0.2, 0.25) is 0 Å². The predicted molar refractivity (Wildman–Crippen MR) is 249 cm³/mol. The zero-order chi connectivity index (χ0) is 43.0. The van der Waals surface area contributed by atoms with Gasteiger partial charge in [0.2, 0.25) is 0 Å². The van der Waals surface area contributed by atoms with Gasteiger partial charge in [-0.3, -0.25) is 19.5 Å². The number of aliphatic imine (C=N–C) groups is 1. The molecule has 13 heteroatoms. The lowest BCUT2D eigenvalue weighted by atomic mass is 10.1. The van der Waals surface area contributed by atoms with Gasteiger partial charge in [0.1, 0.15) is 13.2 Å². The highest BCUT2D eigenvalue weighted by molar-refractivity contribution is 8.77. The van der Waals surface area contributed by atoms with E-state index in [0.29, 0.717) is 51.9 Å². The van der Waals surface area contributed by atoms with E-state index in [0.717, 1.165) is 52.3 Å². The fourth-order valence-corrected chi connectivity index (χ4v) is 10.8. The Labute approximate surface area is 365 Å². The molecule has 0 saturated carbocycles. The van der Waals surface area contributed by atoms with E-state index in [2.05, 4.69) is 56.3 Å². The first-order valence-corrected chi connectivity index (χ1v) is 22.8. The molecule has 61 heavy (non-hydrogen) atoms. The quantitative estimate of drug-likeness (QED) is 0.0855. The summed E-state index contributed by atoms with van der Waals surface area (Å²) < 4.78 is 24.5. The number of nitrogens with zero attached hydrogens (tertiary/aromatic N) is 4. The lowest BCUT2D eigenvalue weighted by Gasteiger charge is -2.31. The Morgan fingerprint density at radius 3 is 2.15 bits per heavy atom. The first-order valence-electron chi connectivity index (χ1n) is 20.3. The molecule has 0 fully saturated rings. The van der Waals surface area contributed by atoms with Crippen LogP contribution in [0.5, 0.6) is 23.0 Å². The SMILES string of the molecule is COc1cc(C(=O)N2c3ccccc3CC2C)c(N)cc1OCc1cc(COc2cc3c(cc2OC)C(=O)N2c4ccccc4C[C@H]2C=N3)cc(N(C)CC(C)(C)SSC)c1. The van der Waals surface area contributed by atoms with Crippen LogP contribution in [0.3, 0.4) is 0 Å². The van der Waals surface area contributed by atoms with Crippen LogP contribution in [0.1, 0.15) is 63.7 Å². The maximum absolute atomic E-state index is 14.0. The van der Waals surface area contributed by atoms with Crippen LogP contribution in [0.4, 0.5) is 28.4 Å². The summed E-state index contributed by atoms with van der Waals surface area (Å²) in [5, 5.41) is 0. The third-order valence-corrected chi connectivity index (χ3v) is 13.9. The molecule has 0 aliphatic carbocycles. The Balaban J connectivity index is 1.05. The lowest BCUT2D eigenvalue weighted by Crippen LogP contribution is -2.37. The number of fused-ring (bicyclic) bond motifs is 5. The fraction of sp³-hybridized carbons (Fsp3) is 0.312. The molecule has 0 bridgehead atoms. The molecule has 2 atom stereocenters. The molecule has 2 N–H and O–H groups in total. The van der Waals surface area contributed by atoms with Gasteiger partial charge >= 0.3 is 0 Å². The Morgan fingerprint density at radius 1 is 0.852 bits per heavy atom. The molecule has 5 aromatic rings. The van der Waals surface area contributed by atoms with E-state index in [1.54, 1.807) is 54.2 Å². The molecular formula is C48H51N5O6S2. The molecule has 5 aromatic carbocycles. The van der Waals surface area contributed by atoms with E-state index in [1.807, 2.05) is 71.3 Å². The zero-order valence-corrected chi connectivity index (χ0v) is 37.2. The Kier molecular flexibility index (Phi) is 11.9. The van der Waals surface area contributed by atoms with Crippen LogP contribution in [0, 0.1) is 0 Å². The number of carbonyl (C=O) groups is 2. The first kappa shape index (κ1) is 41.9.